The van der Waals surface area contributed by atoms with Gasteiger partial charge in [0, 0.05) is 24.5 Å². The number of hydrogen-bond acceptors (Lipinski definition) is 4. The van der Waals surface area contributed by atoms with Crippen LogP contribution in [0.3, 0.4) is 0 Å². The van der Waals surface area contributed by atoms with E-state index in [9.17, 15) is 4.79 Å². The number of hydrogen-bond donors (Lipinski definition) is 1. The van der Waals surface area contributed by atoms with E-state index in [1.165, 1.54) is 0 Å². The fourth-order valence-electron chi connectivity index (χ4n) is 3.81. The predicted octanol–water partition coefficient (Wildman–Crippen LogP) is 4.26. The van der Waals surface area contributed by atoms with E-state index < -0.39 is 0 Å². The normalized spacial score (nSPS) is 15.9. The standard InChI is InChI=1S/C22H24N4O3/c1-28-16-10-11-21(29-2)17(15-16)19-9-5-13-25(19)22(27)24-18-7-3-4-8-20(18)26-14-6-12-23-26/h3-4,6-8,10-12,14-15,19H,5,9,13H2,1-2H3,(H,24,27)/t19-/m1/s1. The zero-order valence-corrected chi connectivity index (χ0v) is 16.5. The van der Waals surface area contributed by atoms with E-state index in [-0.39, 0.29) is 12.1 Å². The van der Waals surface area contributed by atoms with Crippen LogP contribution in [-0.4, -0.2) is 41.5 Å². The van der Waals surface area contributed by atoms with Crippen LogP contribution < -0.4 is 14.8 Å². The van der Waals surface area contributed by atoms with Gasteiger partial charge in [0.05, 0.1) is 31.6 Å². The molecule has 150 valence electrons. The third kappa shape index (κ3) is 3.76. The molecule has 1 saturated heterocycles. The van der Waals surface area contributed by atoms with Crippen LogP contribution in [0.1, 0.15) is 24.4 Å². The molecule has 0 saturated carbocycles. The Bertz CT molecular complexity index is 987. The smallest absolute Gasteiger partial charge is 0.322 e. The van der Waals surface area contributed by atoms with Crippen molar-refractivity contribution in [1.82, 2.24) is 14.7 Å². The molecule has 2 aromatic carbocycles. The summed E-state index contributed by atoms with van der Waals surface area (Å²) >= 11 is 0. The molecule has 0 radical (unpaired) electrons. The van der Waals surface area contributed by atoms with Gasteiger partial charge in [-0.25, -0.2) is 9.48 Å². The largest absolute Gasteiger partial charge is 0.497 e. The molecular weight excluding hydrogens is 368 g/mol. The van der Waals surface area contributed by atoms with Gasteiger partial charge in [0.2, 0.25) is 0 Å². The number of nitrogens with one attached hydrogen (secondary N) is 1. The van der Waals surface area contributed by atoms with Gasteiger partial charge < -0.3 is 19.7 Å². The number of carbonyl (C=O) groups excluding carboxylic acids is 1. The highest BCUT2D eigenvalue weighted by atomic mass is 16.5. The second-order valence-corrected chi connectivity index (χ2v) is 6.86. The average Bonchev–Trinajstić information content (AvgIpc) is 3.46. The number of carbonyl (C=O) groups is 1. The molecule has 7 nitrogen and oxygen atoms in total. The number of para-hydroxylation sites is 2. The van der Waals surface area contributed by atoms with E-state index in [1.807, 2.05) is 59.6 Å². The Kier molecular flexibility index (Phi) is 5.37. The number of anilines is 1. The predicted molar refractivity (Wildman–Crippen MR) is 111 cm³/mol. The number of benzene rings is 2. The molecule has 1 aromatic heterocycles. The van der Waals surface area contributed by atoms with E-state index in [1.54, 1.807) is 25.1 Å². The minimum atomic E-state index is -0.142. The molecule has 1 aliphatic rings. The fourth-order valence-corrected chi connectivity index (χ4v) is 3.81. The second kappa shape index (κ2) is 8.26. The fraction of sp³-hybridized carbons (Fsp3) is 0.273. The van der Waals surface area contributed by atoms with Crippen molar-refractivity contribution in [2.24, 2.45) is 0 Å². The first-order valence-electron chi connectivity index (χ1n) is 9.60. The van der Waals surface area contributed by atoms with Gasteiger partial charge in [0.25, 0.3) is 0 Å². The molecule has 1 N–H and O–H groups in total. The van der Waals surface area contributed by atoms with Crippen LogP contribution in [0.4, 0.5) is 10.5 Å². The van der Waals surface area contributed by atoms with Crippen molar-refractivity contribution in [1.29, 1.82) is 0 Å². The Morgan fingerprint density at radius 3 is 2.76 bits per heavy atom. The molecule has 2 heterocycles. The maximum Gasteiger partial charge on any atom is 0.322 e. The van der Waals surface area contributed by atoms with E-state index in [0.29, 0.717) is 12.2 Å². The van der Waals surface area contributed by atoms with E-state index in [2.05, 4.69) is 10.4 Å². The maximum absolute atomic E-state index is 13.2. The molecule has 1 fully saturated rings. The molecule has 0 aliphatic carbocycles. The SMILES string of the molecule is COc1ccc(OC)c([C@H]2CCCN2C(=O)Nc2ccccc2-n2cccn2)c1. The number of likely N-dealkylation sites (tertiary alicyclic amines) is 1. The Balaban J connectivity index is 1.60. The van der Waals surface area contributed by atoms with Crippen LogP contribution >= 0.6 is 0 Å². The number of amides is 2. The lowest BCUT2D eigenvalue weighted by Gasteiger charge is -2.27. The van der Waals surface area contributed by atoms with E-state index in [4.69, 9.17) is 9.47 Å². The third-order valence-electron chi connectivity index (χ3n) is 5.21. The molecule has 7 heteroatoms. The molecule has 1 aliphatic heterocycles. The lowest BCUT2D eigenvalue weighted by Crippen LogP contribution is -2.34. The molecule has 0 bridgehead atoms. The summed E-state index contributed by atoms with van der Waals surface area (Å²) in [5.74, 6) is 1.50. The quantitative estimate of drug-likeness (QED) is 0.704. The Hall–Kier alpha value is -3.48. The first kappa shape index (κ1) is 18.9. The van der Waals surface area contributed by atoms with Crippen LogP contribution in [0.25, 0.3) is 5.69 Å². The molecular formula is C22H24N4O3. The van der Waals surface area contributed by atoms with Gasteiger partial charge in [-0.3, -0.25) is 0 Å². The second-order valence-electron chi connectivity index (χ2n) is 6.86. The molecule has 1 atom stereocenters. The summed E-state index contributed by atoms with van der Waals surface area (Å²) in [5, 5.41) is 7.34. The minimum absolute atomic E-state index is 0.0723. The summed E-state index contributed by atoms with van der Waals surface area (Å²) in [6.45, 7) is 0.681. The van der Waals surface area contributed by atoms with E-state index in [0.717, 1.165) is 35.6 Å². The molecule has 0 spiro atoms. The van der Waals surface area contributed by atoms with Crippen LogP contribution in [0.5, 0.6) is 11.5 Å². The van der Waals surface area contributed by atoms with Gasteiger partial charge in [0.15, 0.2) is 0 Å². The summed E-state index contributed by atoms with van der Waals surface area (Å²) in [7, 11) is 3.28. The highest BCUT2D eigenvalue weighted by molar-refractivity contribution is 5.92. The molecule has 3 aromatic rings. The topological polar surface area (TPSA) is 68.6 Å². The summed E-state index contributed by atoms with van der Waals surface area (Å²) in [4.78, 5) is 15.0. The highest BCUT2D eigenvalue weighted by Crippen LogP contribution is 2.39. The lowest BCUT2D eigenvalue weighted by molar-refractivity contribution is 0.206. The van der Waals surface area contributed by atoms with Gasteiger partial charge in [-0.1, -0.05) is 12.1 Å². The van der Waals surface area contributed by atoms with Crippen LogP contribution in [0, 0.1) is 0 Å². The van der Waals surface area contributed by atoms with Gasteiger partial charge in [-0.05, 0) is 49.2 Å². The van der Waals surface area contributed by atoms with Gasteiger partial charge in [-0.2, -0.15) is 5.10 Å². The van der Waals surface area contributed by atoms with Crippen molar-refractivity contribution in [3.05, 3.63) is 66.5 Å². The minimum Gasteiger partial charge on any atom is -0.497 e. The number of rotatable bonds is 5. The number of ether oxygens (including phenoxy) is 2. The van der Waals surface area contributed by atoms with E-state index >= 15 is 0 Å². The maximum atomic E-state index is 13.2. The zero-order chi connectivity index (χ0) is 20.2. The molecule has 2 amide bonds. The van der Waals surface area contributed by atoms with Crippen molar-refractivity contribution in [2.45, 2.75) is 18.9 Å². The molecule has 0 unspecified atom stereocenters. The summed E-state index contributed by atoms with van der Waals surface area (Å²) in [5.41, 5.74) is 2.49. The van der Waals surface area contributed by atoms with Crippen molar-refractivity contribution >= 4 is 11.7 Å². The first-order chi connectivity index (χ1) is 14.2. The first-order valence-corrected chi connectivity index (χ1v) is 9.60. The number of urea groups is 1. The van der Waals surface area contributed by atoms with Crippen LogP contribution in [-0.2, 0) is 0 Å². The highest BCUT2D eigenvalue weighted by Gasteiger charge is 2.32. The van der Waals surface area contributed by atoms with Crippen molar-refractivity contribution in [3.63, 3.8) is 0 Å². The Morgan fingerprint density at radius 2 is 2.00 bits per heavy atom. The van der Waals surface area contributed by atoms with Gasteiger partial charge in [0.1, 0.15) is 11.5 Å². The van der Waals surface area contributed by atoms with Crippen molar-refractivity contribution < 1.29 is 14.3 Å². The monoisotopic (exact) mass is 392 g/mol. The van der Waals surface area contributed by atoms with Crippen LogP contribution in [0.2, 0.25) is 0 Å². The van der Waals surface area contributed by atoms with Gasteiger partial charge in [-0.15, -0.1) is 0 Å². The summed E-state index contributed by atoms with van der Waals surface area (Å²) in [6.07, 6.45) is 5.37. The number of nitrogens with zero attached hydrogens (tertiary/aromatic N) is 3. The lowest BCUT2D eigenvalue weighted by atomic mass is 10.0. The summed E-state index contributed by atoms with van der Waals surface area (Å²) < 4.78 is 12.7. The van der Waals surface area contributed by atoms with Gasteiger partial charge >= 0.3 is 6.03 Å². The van der Waals surface area contributed by atoms with Crippen LogP contribution in [0.15, 0.2) is 60.9 Å². The number of methoxy groups -OCH3 is 2. The van der Waals surface area contributed by atoms with Crippen molar-refractivity contribution in [2.75, 3.05) is 26.1 Å². The summed E-state index contributed by atoms with van der Waals surface area (Å²) in [6, 6.07) is 15.0. The van der Waals surface area contributed by atoms with Crippen molar-refractivity contribution in [3.8, 4) is 17.2 Å². The third-order valence-corrected chi connectivity index (χ3v) is 5.21. The molecule has 4 rings (SSSR count). The Morgan fingerprint density at radius 1 is 1.14 bits per heavy atom. The average molecular weight is 392 g/mol. The molecule has 29 heavy (non-hydrogen) atoms. The Labute approximate surface area is 169 Å². The zero-order valence-electron chi connectivity index (χ0n) is 16.5. The number of aromatic nitrogens is 2.